The predicted octanol–water partition coefficient (Wildman–Crippen LogP) is 19.6. The van der Waals surface area contributed by atoms with Crippen LogP contribution < -0.4 is 0 Å². The Morgan fingerprint density at radius 1 is 0.385 bits per heavy atom. The molecule has 0 radical (unpaired) electrons. The van der Waals surface area contributed by atoms with Crippen LogP contribution in [0.15, 0.2) is 12.0 Å². The standard InChI is InChI=1S/C59H118O6/c1-12-14-15-16-26-33-42-54(43-40-47-61-48-41-49-62-53-55(60)13-2)59(63-50-37-30-23-17-20-27-34-44-56(3,4)5,64-51-38-31-24-18-21-28-35-45-57(6,7)8)65-52-39-32-25-19-22-29-36-46-58(9,10)11/h53-54,60H,12-52H2,1-11H3. The summed E-state index contributed by atoms with van der Waals surface area (Å²) in [5.41, 5.74) is 1.33. The van der Waals surface area contributed by atoms with E-state index in [1.807, 2.05) is 6.92 Å². The molecule has 0 amide bonds. The summed E-state index contributed by atoms with van der Waals surface area (Å²) in [6.45, 7) is 29.5. The summed E-state index contributed by atoms with van der Waals surface area (Å²) in [6.07, 6.45) is 44.2. The normalized spacial score (nSPS) is 13.6. The minimum atomic E-state index is -1.00. The quantitative estimate of drug-likeness (QED) is 0.0373. The van der Waals surface area contributed by atoms with E-state index in [4.69, 9.17) is 23.7 Å². The molecule has 0 fully saturated rings. The highest BCUT2D eigenvalue weighted by Crippen LogP contribution is 2.36. The van der Waals surface area contributed by atoms with Crippen molar-refractivity contribution in [3.05, 3.63) is 12.0 Å². The maximum Gasteiger partial charge on any atom is 0.285 e. The van der Waals surface area contributed by atoms with Crippen molar-refractivity contribution >= 4 is 0 Å². The van der Waals surface area contributed by atoms with Gasteiger partial charge in [0.2, 0.25) is 0 Å². The predicted molar refractivity (Wildman–Crippen MR) is 283 cm³/mol. The molecule has 1 atom stereocenters. The van der Waals surface area contributed by atoms with Gasteiger partial charge >= 0.3 is 0 Å². The van der Waals surface area contributed by atoms with Gasteiger partial charge in [-0.2, -0.15) is 0 Å². The van der Waals surface area contributed by atoms with E-state index >= 15 is 0 Å². The maximum absolute atomic E-state index is 9.68. The maximum atomic E-state index is 9.68. The van der Waals surface area contributed by atoms with E-state index in [1.165, 1.54) is 180 Å². The number of ether oxygens (including phenoxy) is 5. The van der Waals surface area contributed by atoms with Crippen LogP contribution >= 0.6 is 0 Å². The Hall–Kier alpha value is -0.820. The number of rotatable bonds is 48. The molecule has 1 unspecified atom stereocenters. The van der Waals surface area contributed by atoms with Crippen molar-refractivity contribution in [3.8, 4) is 0 Å². The van der Waals surface area contributed by atoms with Gasteiger partial charge in [-0.05, 0) is 74.0 Å². The van der Waals surface area contributed by atoms with E-state index in [0.717, 1.165) is 44.9 Å². The average molecular weight is 924 g/mol. The Labute approximate surface area is 408 Å². The number of hydrogen-bond donors (Lipinski definition) is 1. The van der Waals surface area contributed by atoms with Crippen molar-refractivity contribution in [1.82, 2.24) is 0 Å². The van der Waals surface area contributed by atoms with Crippen LogP contribution in [0.5, 0.6) is 0 Å². The molecular formula is C59H118O6. The highest BCUT2D eigenvalue weighted by atomic mass is 16.9. The first kappa shape index (κ1) is 64.2. The van der Waals surface area contributed by atoms with Gasteiger partial charge in [-0.15, -0.1) is 0 Å². The second kappa shape index (κ2) is 42.1. The number of aliphatic hydroxyl groups is 1. The fourth-order valence-electron chi connectivity index (χ4n) is 8.73. The van der Waals surface area contributed by atoms with Crippen molar-refractivity contribution in [1.29, 1.82) is 0 Å². The zero-order valence-electron chi connectivity index (χ0n) is 46.1. The summed E-state index contributed by atoms with van der Waals surface area (Å²) < 4.78 is 32.9. The summed E-state index contributed by atoms with van der Waals surface area (Å²) in [4.78, 5) is 0. The van der Waals surface area contributed by atoms with E-state index in [2.05, 4.69) is 69.2 Å². The molecular weight excluding hydrogens is 805 g/mol. The fraction of sp³-hybridized carbons (Fsp3) is 0.966. The van der Waals surface area contributed by atoms with Gasteiger partial charge in [-0.25, -0.2) is 0 Å². The van der Waals surface area contributed by atoms with Crippen molar-refractivity contribution in [3.63, 3.8) is 0 Å². The van der Waals surface area contributed by atoms with Gasteiger partial charge in [0.15, 0.2) is 0 Å². The van der Waals surface area contributed by atoms with Gasteiger partial charge in [0.25, 0.3) is 5.97 Å². The molecule has 0 aromatic heterocycles. The van der Waals surface area contributed by atoms with Crippen molar-refractivity contribution in [2.75, 3.05) is 39.6 Å². The highest BCUT2D eigenvalue weighted by Gasteiger charge is 2.42. The lowest BCUT2D eigenvalue weighted by Crippen LogP contribution is -2.47. The average Bonchev–Trinajstić information content (AvgIpc) is 3.23. The molecule has 6 heteroatoms. The molecule has 0 aliphatic carbocycles. The third-order valence-electron chi connectivity index (χ3n) is 13.0. The van der Waals surface area contributed by atoms with Gasteiger partial charge in [0.05, 0.1) is 26.4 Å². The molecule has 0 heterocycles. The van der Waals surface area contributed by atoms with Crippen molar-refractivity contribution in [2.45, 2.75) is 307 Å². The molecule has 0 saturated carbocycles. The molecule has 0 aromatic carbocycles. The molecule has 0 aliphatic rings. The minimum absolute atomic E-state index is 0.163. The lowest BCUT2D eigenvalue weighted by molar-refractivity contribution is -0.407. The summed E-state index contributed by atoms with van der Waals surface area (Å²) in [5, 5.41) is 9.68. The van der Waals surface area contributed by atoms with Crippen LogP contribution in [0.4, 0.5) is 0 Å². The topological polar surface area (TPSA) is 66.4 Å². The zero-order chi connectivity index (χ0) is 48.4. The Kier molecular flexibility index (Phi) is 41.6. The highest BCUT2D eigenvalue weighted by molar-refractivity contribution is 4.82. The van der Waals surface area contributed by atoms with Gasteiger partial charge < -0.3 is 28.8 Å². The summed E-state index contributed by atoms with van der Waals surface area (Å²) >= 11 is 0. The van der Waals surface area contributed by atoms with Crippen molar-refractivity contribution in [2.24, 2.45) is 22.2 Å². The molecule has 6 nitrogen and oxygen atoms in total. The monoisotopic (exact) mass is 923 g/mol. The van der Waals surface area contributed by atoms with Crippen molar-refractivity contribution < 1.29 is 28.8 Å². The van der Waals surface area contributed by atoms with Crippen LogP contribution in [-0.4, -0.2) is 50.7 Å². The Morgan fingerprint density at radius 2 is 0.723 bits per heavy atom. The first-order valence-corrected chi connectivity index (χ1v) is 28.5. The largest absolute Gasteiger partial charge is 0.509 e. The summed E-state index contributed by atoms with van der Waals surface area (Å²) in [5.74, 6) is -0.558. The number of aliphatic hydroxyl groups excluding tert-OH is 1. The van der Waals surface area contributed by atoms with Gasteiger partial charge in [0.1, 0.15) is 12.0 Å². The van der Waals surface area contributed by atoms with Crippen LogP contribution in [0.25, 0.3) is 0 Å². The van der Waals surface area contributed by atoms with Gasteiger partial charge in [-0.3, -0.25) is 0 Å². The lowest BCUT2D eigenvalue weighted by atomic mass is 9.89. The molecule has 0 rings (SSSR count). The molecule has 0 saturated heterocycles. The fourth-order valence-corrected chi connectivity index (χ4v) is 8.73. The van der Waals surface area contributed by atoms with Gasteiger partial charge in [-0.1, -0.05) is 230 Å². The van der Waals surface area contributed by atoms with Crippen LogP contribution in [0.2, 0.25) is 0 Å². The second-order valence-corrected chi connectivity index (χ2v) is 23.7. The Bertz CT molecular complexity index is 936. The molecule has 0 aliphatic heterocycles. The number of allylic oxidation sites excluding steroid dienone is 1. The lowest BCUT2D eigenvalue weighted by Gasteiger charge is -2.40. The first-order chi connectivity index (χ1) is 31.0. The second-order valence-electron chi connectivity index (χ2n) is 23.7. The molecule has 1 N–H and O–H groups in total. The summed E-state index contributed by atoms with van der Waals surface area (Å²) in [7, 11) is 0. The summed E-state index contributed by atoms with van der Waals surface area (Å²) in [6, 6.07) is 0. The third-order valence-corrected chi connectivity index (χ3v) is 13.0. The molecule has 0 aromatic rings. The van der Waals surface area contributed by atoms with Crippen LogP contribution in [0.1, 0.15) is 301 Å². The smallest absolute Gasteiger partial charge is 0.285 e. The van der Waals surface area contributed by atoms with Crippen LogP contribution in [0.3, 0.4) is 0 Å². The molecule has 0 bridgehead atoms. The van der Waals surface area contributed by atoms with E-state index in [-0.39, 0.29) is 11.7 Å². The number of hydrogen-bond acceptors (Lipinski definition) is 6. The first-order valence-electron chi connectivity index (χ1n) is 28.5. The third kappa shape index (κ3) is 45.4. The van der Waals surface area contributed by atoms with Crippen LogP contribution in [0, 0.1) is 22.2 Å². The van der Waals surface area contributed by atoms with E-state index in [0.29, 0.717) is 62.3 Å². The Morgan fingerprint density at radius 3 is 1.11 bits per heavy atom. The molecule has 65 heavy (non-hydrogen) atoms. The number of unbranched alkanes of at least 4 members (excludes halogenated alkanes) is 23. The van der Waals surface area contributed by atoms with E-state index in [1.54, 1.807) is 0 Å². The molecule has 390 valence electrons. The van der Waals surface area contributed by atoms with E-state index in [9.17, 15) is 5.11 Å². The minimum Gasteiger partial charge on any atom is -0.509 e. The molecule has 0 spiro atoms. The zero-order valence-corrected chi connectivity index (χ0v) is 46.1. The van der Waals surface area contributed by atoms with Crippen LogP contribution in [-0.2, 0) is 23.7 Å². The van der Waals surface area contributed by atoms with Gasteiger partial charge in [0, 0.05) is 32.0 Å². The van der Waals surface area contributed by atoms with E-state index < -0.39 is 5.97 Å². The Balaban J connectivity index is 5.86. The SMILES string of the molecule is CCCCCCCCC(CCCOCCCOC=C(O)CC)C(OCCCCCCCCCC(C)(C)C)(OCCCCCCCCCC(C)(C)C)OCCCCCCCCCC(C)(C)C.